The van der Waals surface area contributed by atoms with Crippen molar-refractivity contribution < 1.29 is 4.79 Å². The van der Waals surface area contributed by atoms with Crippen molar-refractivity contribution in [2.24, 2.45) is 0 Å². The first kappa shape index (κ1) is 25.3. The van der Waals surface area contributed by atoms with Crippen LogP contribution in [0.2, 0.25) is 0 Å². The molecule has 196 valence electrons. The van der Waals surface area contributed by atoms with Crippen LogP contribution in [0.25, 0.3) is 27.4 Å². The molecule has 0 aliphatic rings. The lowest BCUT2D eigenvalue weighted by Crippen LogP contribution is -2.38. The Morgan fingerprint density at radius 3 is 2.15 bits per heavy atom. The van der Waals surface area contributed by atoms with E-state index in [0.29, 0.717) is 40.9 Å². The van der Waals surface area contributed by atoms with Crippen LogP contribution in [0, 0.1) is 0 Å². The van der Waals surface area contributed by atoms with E-state index in [0.717, 1.165) is 16.3 Å². The van der Waals surface area contributed by atoms with E-state index in [2.05, 4.69) is 12.1 Å². The maximum atomic E-state index is 14.4. The van der Waals surface area contributed by atoms with E-state index in [4.69, 9.17) is 4.98 Å². The summed E-state index contributed by atoms with van der Waals surface area (Å²) in [5.41, 5.74) is 2.94. The highest BCUT2D eigenvalue weighted by Gasteiger charge is 2.28. The van der Waals surface area contributed by atoms with Crippen LogP contribution in [0.15, 0.2) is 132 Å². The lowest BCUT2D eigenvalue weighted by molar-refractivity contribution is 0.0685. The number of carbonyl (C=O) groups is 1. The molecule has 0 bridgehead atoms. The number of hydrogen-bond acceptors (Lipinski definition) is 3. The number of amides is 1. The molecule has 0 fully saturated rings. The first-order valence-corrected chi connectivity index (χ1v) is 13.5. The topological polar surface area (TPSA) is 55.2 Å². The average Bonchev–Trinajstić information content (AvgIpc) is 3.01. The van der Waals surface area contributed by atoms with Gasteiger partial charge in [0.15, 0.2) is 0 Å². The first-order valence-electron chi connectivity index (χ1n) is 13.5. The average molecular weight is 524 g/mol. The maximum Gasteiger partial charge on any atom is 0.266 e. The number of nitrogens with zero attached hydrogens (tertiary/aromatic N) is 3. The quantitative estimate of drug-likeness (QED) is 0.227. The minimum Gasteiger partial charge on any atom is -0.328 e. The molecule has 5 aromatic carbocycles. The highest BCUT2D eigenvalue weighted by Crippen LogP contribution is 2.27. The van der Waals surface area contributed by atoms with Gasteiger partial charge in [0.25, 0.3) is 11.5 Å². The fourth-order valence-corrected chi connectivity index (χ4v) is 5.33. The van der Waals surface area contributed by atoms with E-state index in [-0.39, 0.29) is 11.5 Å². The molecule has 1 atom stereocenters. The Morgan fingerprint density at radius 1 is 0.750 bits per heavy atom. The summed E-state index contributed by atoms with van der Waals surface area (Å²) in [4.78, 5) is 35.1. The molecule has 5 nitrogen and oxygen atoms in total. The zero-order valence-corrected chi connectivity index (χ0v) is 22.3. The zero-order chi connectivity index (χ0) is 27.5. The summed E-state index contributed by atoms with van der Waals surface area (Å²) in [5.74, 6) is 0.429. The molecule has 0 aliphatic carbocycles. The van der Waals surface area contributed by atoms with Gasteiger partial charge in [-0.1, -0.05) is 97.1 Å². The second-order valence-corrected chi connectivity index (χ2v) is 9.90. The van der Waals surface area contributed by atoms with Crippen molar-refractivity contribution >= 4 is 27.6 Å². The van der Waals surface area contributed by atoms with Crippen molar-refractivity contribution in [2.75, 3.05) is 6.54 Å². The van der Waals surface area contributed by atoms with Gasteiger partial charge in [-0.15, -0.1) is 0 Å². The number of rotatable bonds is 7. The fourth-order valence-electron chi connectivity index (χ4n) is 5.33. The molecule has 0 saturated carbocycles. The molecule has 1 heterocycles. The Balaban J connectivity index is 1.51. The molecule has 1 unspecified atom stereocenters. The molecule has 1 amide bonds. The number of benzene rings is 5. The van der Waals surface area contributed by atoms with Crippen LogP contribution in [0.4, 0.5) is 0 Å². The van der Waals surface area contributed by atoms with Gasteiger partial charge in [0.2, 0.25) is 0 Å². The van der Waals surface area contributed by atoms with E-state index in [1.165, 1.54) is 0 Å². The molecule has 0 radical (unpaired) electrons. The number of para-hydroxylation sites is 2. The monoisotopic (exact) mass is 523 g/mol. The molecular weight excluding hydrogens is 494 g/mol. The van der Waals surface area contributed by atoms with Crippen LogP contribution in [-0.2, 0) is 6.42 Å². The van der Waals surface area contributed by atoms with Gasteiger partial charge in [-0.3, -0.25) is 14.2 Å². The molecule has 6 rings (SSSR count). The molecule has 0 N–H and O–H groups in total. The maximum absolute atomic E-state index is 14.4. The van der Waals surface area contributed by atoms with Crippen LogP contribution in [0.1, 0.15) is 34.7 Å². The second-order valence-electron chi connectivity index (χ2n) is 9.90. The molecule has 0 spiro atoms. The van der Waals surface area contributed by atoms with Crippen molar-refractivity contribution in [2.45, 2.75) is 19.4 Å². The predicted molar refractivity (Wildman–Crippen MR) is 161 cm³/mol. The predicted octanol–water partition coefficient (Wildman–Crippen LogP) is 6.99. The zero-order valence-electron chi connectivity index (χ0n) is 22.3. The molecule has 0 aliphatic heterocycles. The van der Waals surface area contributed by atoms with Gasteiger partial charge in [-0.25, -0.2) is 4.98 Å². The molecule has 5 heteroatoms. The third kappa shape index (κ3) is 4.78. The standard InChI is InChI=1S/C35H29N3O2/c1-25(33-36-32-22-11-10-20-31(32)35(40)38(33)28-17-6-3-7-18-28)37(24-23-26-13-4-2-5-14-26)34(39)30-21-12-16-27-15-8-9-19-29(27)30/h2-22,25H,23-24H2,1H3. The summed E-state index contributed by atoms with van der Waals surface area (Å²) in [6.45, 7) is 2.43. The van der Waals surface area contributed by atoms with Crippen molar-refractivity contribution in [3.8, 4) is 5.69 Å². The van der Waals surface area contributed by atoms with E-state index in [9.17, 15) is 9.59 Å². The number of carbonyl (C=O) groups excluding carboxylic acids is 1. The minimum absolute atomic E-state index is 0.0951. The fraction of sp³-hybridized carbons (Fsp3) is 0.114. The molecule has 6 aromatic rings. The third-order valence-corrected chi connectivity index (χ3v) is 7.42. The van der Waals surface area contributed by atoms with Crippen LogP contribution in [-0.4, -0.2) is 26.9 Å². The van der Waals surface area contributed by atoms with Gasteiger partial charge in [-0.2, -0.15) is 0 Å². The highest BCUT2D eigenvalue weighted by molar-refractivity contribution is 6.07. The van der Waals surface area contributed by atoms with Crippen LogP contribution in [0.3, 0.4) is 0 Å². The van der Waals surface area contributed by atoms with E-state index in [1.54, 1.807) is 10.6 Å². The smallest absolute Gasteiger partial charge is 0.266 e. The van der Waals surface area contributed by atoms with Gasteiger partial charge >= 0.3 is 0 Å². The van der Waals surface area contributed by atoms with Gasteiger partial charge < -0.3 is 4.90 Å². The van der Waals surface area contributed by atoms with Gasteiger partial charge in [0.05, 0.1) is 22.6 Å². The van der Waals surface area contributed by atoms with E-state index < -0.39 is 6.04 Å². The van der Waals surface area contributed by atoms with Crippen LogP contribution >= 0.6 is 0 Å². The first-order chi connectivity index (χ1) is 19.6. The third-order valence-electron chi connectivity index (χ3n) is 7.42. The van der Waals surface area contributed by atoms with Crippen molar-refractivity contribution in [3.63, 3.8) is 0 Å². The van der Waals surface area contributed by atoms with Gasteiger partial charge in [0.1, 0.15) is 5.82 Å². The molecule has 40 heavy (non-hydrogen) atoms. The highest BCUT2D eigenvalue weighted by atomic mass is 16.2. The van der Waals surface area contributed by atoms with Gasteiger partial charge in [0, 0.05) is 12.1 Å². The Hall–Kier alpha value is -5.03. The Bertz CT molecular complexity index is 1860. The molecule has 1 aromatic heterocycles. The summed E-state index contributed by atoms with van der Waals surface area (Å²) in [6.07, 6.45) is 0.671. The number of aromatic nitrogens is 2. The minimum atomic E-state index is -0.493. The summed E-state index contributed by atoms with van der Waals surface area (Å²) in [7, 11) is 0. The van der Waals surface area contributed by atoms with Crippen LogP contribution < -0.4 is 5.56 Å². The van der Waals surface area contributed by atoms with E-state index >= 15 is 0 Å². The summed E-state index contributed by atoms with van der Waals surface area (Å²) >= 11 is 0. The number of fused-ring (bicyclic) bond motifs is 2. The Morgan fingerprint density at radius 2 is 1.38 bits per heavy atom. The second kappa shape index (κ2) is 11.0. The SMILES string of the molecule is CC(c1nc2ccccc2c(=O)n1-c1ccccc1)N(CCc1ccccc1)C(=O)c1cccc2ccccc12. The largest absolute Gasteiger partial charge is 0.328 e. The summed E-state index contributed by atoms with van der Waals surface area (Å²) in [5, 5.41) is 2.45. The summed E-state index contributed by atoms with van der Waals surface area (Å²) in [6, 6.07) is 40.3. The number of hydrogen-bond donors (Lipinski definition) is 0. The normalized spacial score (nSPS) is 11.9. The molecule has 0 saturated heterocycles. The molecular formula is C35H29N3O2. The lowest BCUT2D eigenvalue weighted by atomic mass is 10.0. The van der Waals surface area contributed by atoms with E-state index in [1.807, 2.05) is 121 Å². The van der Waals surface area contributed by atoms with Crippen molar-refractivity contribution in [3.05, 3.63) is 155 Å². The Kier molecular flexibility index (Phi) is 6.94. The van der Waals surface area contributed by atoms with Crippen molar-refractivity contribution in [1.82, 2.24) is 14.5 Å². The van der Waals surface area contributed by atoms with Gasteiger partial charge in [-0.05, 0) is 60.0 Å². The lowest BCUT2D eigenvalue weighted by Gasteiger charge is -2.31. The summed E-state index contributed by atoms with van der Waals surface area (Å²) < 4.78 is 1.65. The Labute approximate surface area is 233 Å². The van der Waals surface area contributed by atoms with Crippen LogP contribution in [0.5, 0.6) is 0 Å². The van der Waals surface area contributed by atoms with Crippen molar-refractivity contribution in [1.29, 1.82) is 0 Å².